The molecule has 1 aromatic rings. The van der Waals surface area contributed by atoms with Crippen LogP contribution < -0.4 is 5.32 Å². The van der Waals surface area contributed by atoms with Crippen molar-refractivity contribution >= 4 is 17.5 Å². The molecule has 0 atom stereocenters. The fourth-order valence-electron chi connectivity index (χ4n) is 2.87. The van der Waals surface area contributed by atoms with Gasteiger partial charge in [0.25, 0.3) is 0 Å². The second kappa shape index (κ2) is 9.53. The van der Waals surface area contributed by atoms with Gasteiger partial charge < -0.3 is 19.7 Å². The third-order valence-corrected chi connectivity index (χ3v) is 4.05. The molecule has 0 spiro atoms. The summed E-state index contributed by atoms with van der Waals surface area (Å²) in [7, 11) is 0. The van der Waals surface area contributed by atoms with Crippen molar-refractivity contribution in [3.8, 4) is 0 Å². The highest BCUT2D eigenvalue weighted by Crippen LogP contribution is 2.16. The van der Waals surface area contributed by atoms with E-state index in [1.165, 1.54) is 0 Å². The number of benzene rings is 1. The van der Waals surface area contributed by atoms with Crippen LogP contribution in [0.2, 0.25) is 0 Å². The molecule has 25 heavy (non-hydrogen) atoms. The second-order valence-corrected chi connectivity index (χ2v) is 6.47. The van der Waals surface area contributed by atoms with E-state index in [1.54, 1.807) is 11.0 Å². The number of likely N-dealkylation sites (tertiary alicyclic amines) is 1. The molecular weight excluding hydrogens is 320 g/mol. The number of rotatable bonds is 6. The average molecular weight is 348 g/mol. The van der Waals surface area contributed by atoms with Crippen molar-refractivity contribution < 1.29 is 19.1 Å². The van der Waals surface area contributed by atoms with Crippen LogP contribution in [0.5, 0.6) is 0 Å². The van der Waals surface area contributed by atoms with Gasteiger partial charge in [0.05, 0.1) is 18.8 Å². The van der Waals surface area contributed by atoms with E-state index >= 15 is 0 Å². The molecule has 6 nitrogen and oxygen atoms in total. The molecule has 6 heteroatoms. The van der Waals surface area contributed by atoms with Crippen LogP contribution in [0, 0.1) is 0 Å². The fourth-order valence-corrected chi connectivity index (χ4v) is 2.87. The Balaban J connectivity index is 1.85. The molecule has 0 radical (unpaired) electrons. The average Bonchev–Trinajstić information content (AvgIpc) is 2.60. The smallest absolute Gasteiger partial charge is 0.313 e. The molecule has 1 heterocycles. The largest absolute Gasteiger partial charge is 0.377 e. The lowest BCUT2D eigenvalue weighted by molar-refractivity contribution is -0.145. The van der Waals surface area contributed by atoms with Gasteiger partial charge in [0.1, 0.15) is 0 Å². The maximum atomic E-state index is 12.3. The molecule has 1 aliphatic rings. The number of piperidine rings is 1. The summed E-state index contributed by atoms with van der Waals surface area (Å²) < 4.78 is 11.1. The number of ether oxygens (including phenoxy) is 2. The lowest BCUT2D eigenvalue weighted by Gasteiger charge is -2.32. The Morgan fingerprint density at radius 1 is 1.28 bits per heavy atom. The van der Waals surface area contributed by atoms with Crippen LogP contribution >= 0.6 is 0 Å². The zero-order valence-corrected chi connectivity index (χ0v) is 15.3. The van der Waals surface area contributed by atoms with E-state index in [0.29, 0.717) is 32.0 Å². The van der Waals surface area contributed by atoms with Crippen molar-refractivity contribution in [2.75, 3.05) is 25.0 Å². The number of nitrogens with one attached hydrogen (secondary N) is 1. The van der Waals surface area contributed by atoms with Crippen LogP contribution in [0.1, 0.15) is 39.2 Å². The van der Waals surface area contributed by atoms with Crippen molar-refractivity contribution in [3.05, 3.63) is 29.8 Å². The lowest BCUT2D eigenvalue weighted by Crippen LogP contribution is -2.46. The van der Waals surface area contributed by atoms with Crippen molar-refractivity contribution in [1.82, 2.24) is 4.90 Å². The third-order valence-electron chi connectivity index (χ3n) is 4.05. The first-order valence-corrected chi connectivity index (χ1v) is 8.92. The zero-order chi connectivity index (χ0) is 18.2. The highest BCUT2D eigenvalue weighted by Gasteiger charge is 2.27. The molecule has 1 aromatic carbocycles. The molecule has 0 saturated carbocycles. The summed E-state index contributed by atoms with van der Waals surface area (Å²) in [5, 5.41) is 2.68. The van der Waals surface area contributed by atoms with Gasteiger partial charge in [0.2, 0.25) is 0 Å². The molecule has 0 unspecified atom stereocenters. The molecule has 1 N–H and O–H groups in total. The van der Waals surface area contributed by atoms with E-state index in [9.17, 15) is 9.59 Å². The van der Waals surface area contributed by atoms with Gasteiger partial charge in [0, 0.05) is 25.4 Å². The first kappa shape index (κ1) is 19.4. The van der Waals surface area contributed by atoms with Crippen molar-refractivity contribution in [1.29, 1.82) is 0 Å². The van der Waals surface area contributed by atoms with E-state index in [-0.39, 0.29) is 12.2 Å². The molecule has 2 amide bonds. The molecule has 1 fully saturated rings. The summed E-state index contributed by atoms with van der Waals surface area (Å²) >= 11 is 0. The van der Waals surface area contributed by atoms with E-state index in [4.69, 9.17) is 9.47 Å². The SMILES string of the molecule is CCOCc1cccc(NC(=O)C(=O)N2CCC(OC(C)C)CC2)c1. The Labute approximate surface area is 149 Å². The number of carbonyl (C=O) groups is 2. The van der Waals surface area contributed by atoms with Gasteiger partial charge in [-0.05, 0) is 51.3 Å². The van der Waals surface area contributed by atoms with Gasteiger partial charge in [-0.1, -0.05) is 12.1 Å². The van der Waals surface area contributed by atoms with E-state index in [0.717, 1.165) is 18.4 Å². The van der Waals surface area contributed by atoms with Gasteiger partial charge in [-0.25, -0.2) is 0 Å². The first-order chi connectivity index (χ1) is 12.0. The predicted octanol–water partition coefficient (Wildman–Crippen LogP) is 2.58. The van der Waals surface area contributed by atoms with Crippen LogP contribution in [-0.4, -0.2) is 48.6 Å². The Kier molecular flexibility index (Phi) is 7.40. The number of hydrogen-bond donors (Lipinski definition) is 1. The summed E-state index contributed by atoms with van der Waals surface area (Å²) in [5.41, 5.74) is 1.56. The fraction of sp³-hybridized carbons (Fsp3) is 0.579. The topological polar surface area (TPSA) is 67.9 Å². The molecule has 0 aliphatic carbocycles. The second-order valence-electron chi connectivity index (χ2n) is 6.47. The van der Waals surface area contributed by atoms with Crippen molar-refractivity contribution in [3.63, 3.8) is 0 Å². The molecule has 1 saturated heterocycles. The Hall–Kier alpha value is -1.92. The molecular formula is C19H28N2O4. The summed E-state index contributed by atoms with van der Waals surface area (Å²) in [6.45, 7) is 8.15. The van der Waals surface area contributed by atoms with Gasteiger partial charge in [0.15, 0.2) is 0 Å². The highest BCUT2D eigenvalue weighted by atomic mass is 16.5. The summed E-state index contributed by atoms with van der Waals surface area (Å²) in [5.74, 6) is -1.09. The van der Waals surface area contributed by atoms with Crippen molar-refractivity contribution in [2.45, 2.75) is 52.4 Å². The minimum Gasteiger partial charge on any atom is -0.377 e. The summed E-state index contributed by atoms with van der Waals surface area (Å²) in [6, 6.07) is 7.35. The molecule has 1 aliphatic heterocycles. The number of nitrogens with zero attached hydrogens (tertiary/aromatic N) is 1. The third kappa shape index (κ3) is 6.14. The zero-order valence-electron chi connectivity index (χ0n) is 15.3. The van der Waals surface area contributed by atoms with E-state index < -0.39 is 11.8 Å². The van der Waals surface area contributed by atoms with Crippen LogP contribution in [0.15, 0.2) is 24.3 Å². The highest BCUT2D eigenvalue weighted by molar-refractivity contribution is 6.39. The van der Waals surface area contributed by atoms with E-state index in [2.05, 4.69) is 5.32 Å². The number of anilines is 1. The lowest BCUT2D eigenvalue weighted by atomic mass is 10.1. The van der Waals surface area contributed by atoms with Crippen molar-refractivity contribution in [2.24, 2.45) is 0 Å². The maximum absolute atomic E-state index is 12.3. The standard InChI is InChI=1S/C19H28N2O4/c1-4-24-13-15-6-5-7-16(12-15)20-18(22)19(23)21-10-8-17(9-11-21)25-14(2)3/h5-7,12,14,17H,4,8-11,13H2,1-3H3,(H,20,22). The van der Waals surface area contributed by atoms with Crippen LogP contribution in [0.25, 0.3) is 0 Å². The minimum atomic E-state index is -0.600. The Morgan fingerprint density at radius 2 is 2.00 bits per heavy atom. The monoisotopic (exact) mass is 348 g/mol. The summed E-state index contributed by atoms with van der Waals surface area (Å²) in [6.07, 6.45) is 1.88. The number of carbonyl (C=O) groups excluding carboxylic acids is 2. The number of hydrogen-bond acceptors (Lipinski definition) is 4. The maximum Gasteiger partial charge on any atom is 0.313 e. The minimum absolute atomic E-state index is 0.169. The molecule has 0 bridgehead atoms. The van der Waals surface area contributed by atoms with Crippen LogP contribution in [-0.2, 0) is 25.7 Å². The molecule has 2 rings (SSSR count). The molecule has 138 valence electrons. The van der Waals surface area contributed by atoms with Gasteiger partial charge >= 0.3 is 11.8 Å². The number of amides is 2. The molecule has 0 aromatic heterocycles. The van der Waals surface area contributed by atoms with Gasteiger partial charge in [-0.2, -0.15) is 0 Å². The van der Waals surface area contributed by atoms with Crippen LogP contribution in [0.3, 0.4) is 0 Å². The quantitative estimate of drug-likeness (QED) is 0.803. The van der Waals surface area contributed by atoms with Gasteiger partial charge in [-0.3, -0.25) is 9.59 Å². The normalized spacial score (nSPS) is 15.4. The van der Waals surface area contributed by atoms with Crippen LogP contribution in [0.4, 0.5) is 5.69 Å². The Bertz CT molecular complexity index is 581. The predicted molar refractivity (Wildman–Crippen MR) is 96.2 cm³/mol. The first-order valence-electron chi connectivity index (χ1n) is 8.92. The van der Waals surface area contributed by atoms with Gasteiger partial charge in [-0.15, -0.1) is 0 Å². The summed E-state index contributed by atoms with van der Waals surface area (Å²) in [4.78, 5) is 26.2. The Morgan fingerprint density at radius 3 is 2.64 bits per heavy atom. The van der Waals surface area contributed by atoms with E-state index in [1.807, 2.05) is 39.0 Å².